The molecule has 13 heteroatoms. The number of ether oxygens (including phenoxy) is 2. The number of amides is 1. The summed E-state index contributed by atoms with van der Waals surface area (Å²) in [7, 11) is -4.28. The summed E-state index contributed by atoms with van der Waals surface area (Å²) in [6.07, 6.45) is 0.723. The minimum Gasteiger partial charge on any atom is -0.482 e. The van der Waals surface area contributed by atoms with E-state index in [1.807, 2.05) is 24.3 Å². The molecule has 3 atom stereocenters. The van der Waals surface area contributed by atoms with Gasteiger partial charge in [0.15, 0.2) is 14.9 Å². The van der Waals surface area contributed by atoms with Gasteiger partial charge < -0.3 is 18.8 Å². The normalized spacial score (nSPS) is 17.1. The summed E-state index contributed by atoms with van der Waals surface area (Å²) < 4.78 is 55.9. The molecule has 0 radical (unpaired) electrons. The van der Waals surface area contributed by atoms with Gasteiger partial charge in [-0.1, -0.05) is 56.9 Å². The quantitative estimate of drug-likeness (QED) is 0.0956. The van der Waals surface area contributed by atoms with Gasteiger partial charge in [-0.15, -0.1) is 11.8 Å². The SMILES string of the molecule is COC(=O)COc1ccc([C@@H]2[C@@H](SC[C@H](O[Si](C)(C)C(C)(C)C)c3ccc(F)cc3)C(=O)N2c2ccc(C#CCNS(C)(=O)=O)cc2)cc1. The second-order valence-electron chi connectivity index (χ2n) is 13.2. The number of anilines is 1. The largest absolute Gasteiger partial charge is 0.482 e. The zero-order valence-electron chi connectivity index (χ0n) is 28.8. The lowest BCUT2D eigenvalue weighted by atomic mass is 9.92. The molecule has 49 heavy (non-hydrogen) atoms. The van der Waals surface area contributed by atoms with Gasteiger partial charge in [0.05, 0.1) is 32.1 Å². The third kappa shape index (κ3) is 10.2. The fraction of sp³-hybridized carbons (Fsp3) is 0.389. The molecule has 3 aromatic carbocycles. The van der Waals surface area contributed by atoms with Gasteiger partial charge in [0.2, 0.25) is 15.9 Å². The van der Waals surface area contributed by atoms with Crippen molar-refractivity contribution in [3.8, 4) is 17.6 Å². The first-order valence-corrected chi connectivity index (χ1v) is 21.5. The van der Waals surface area contributed by atoms with Crippen molar-refractivity contribution in [3.05, 3.63) is 95.3 Å². The number of halogens is 1. The maximum Gasteiger partial charge on any atom is 0.343 e. The Balaban J connectivity index is 1.60. The summed E-state index contributed by atoms with van der Waals surface area (Å²) in [5, 5.41) is -0.491. The third-order valence-electron chi connectivity index (χ3n) is 8.56. The maximum atomic E-state index is 13.9. The summed E-state index contributed by atoms with van der Waals surface area (Å²) in [4.78, 5) is 27.2. The number of thioether (sulfide) groups is 1. The molecule has 1 fully saturated rings. The van der Waals surface area contributed by atoms with Gasteiger partial charge >= 0.3 is 5.97 Å². The number of methoxy groups -OCH3 is 1. The Kier molecular flexibility index (Phi) is 12.4. The van der Waals surface area contributed by atoms with Crippen LogP contribution in [0.1, 0.15) is 49.6 Å². The van der Waals surface area contributed by atoms with Crippen molar-refractivity contribution in [2.75, 3.05) is 37.2 Å². The number of rotatable bonds is 13. The Morgan fingerprint density at radius 3 is 2.24 bits per heavy atom. The number of carbonyl (C=O) groups is 2. The van der Waals surface area contributed by atoms with Crippen LogP contribution in [0, 0.1) is 17.7 Å². The average Bonchev–Trinajstić information content (AvgIpc) is 3.04. The summed E-state index contributed by atoms with van der Waals surface area (Å²) in [5.41, 5.74) is 3.09. The van der Waals surface area contributed by atoms with Crippen molar-refractivity contribution in [1.82, 2.24) is 4.72 Å². The highest BCUT2D eigenvalue weighted by Crippen LogP contribution is 2.47. The standard InChI is InChI=1S/C36H43FN2O7S2Si/c1-36(2,3)49(6,7)46-31(26-12-16-28(37)17-13-26)24-47-34-33(27-14-20-30(21-15-27)45-23-32(40)44-4)39(35(34)41)29-18-10-25(11-19-29)9-8-22-38-48(5,42)43/h10-21,31,33-34,38H,22-24H2,1-7H3/t31-,33+,34+/m0/s1. The van der Waals surface area contributed by atoms with E-state index in [0.717, 1.165) is 17.4 Å². The molecular weight excluding hydrogens is 684 g/mol. The van der Waals surface area contributed by atoms with Gasteiger partial charge in [-0.25, -0.2) is 22.3 Å². The highest BCUT2D eigenvalue weighted by Gasteiger charge is 2.50. The molecule has 1 heterocycles. The highest BCUT2D eigenvalue weighted by molar-refractivity contribution is 8.00. The highest BCUT2D eigenvalue weighted by atomic mass is 32.2. The number of hydrogen-bond acceptors (Lipinski definition) is 8. The number of nitrogens with zero attached hydrogens (tertiary/aromatic N) is 1. The first-order valence-electron chi connectivity index (χ1n) is 15.7. The molecule has 1 aliphatic heterocycles. The minimum atomic E-state index is -3.34. The van der Waals surface area contributed by atoms with Gasteiger partial charge in [-0.05, 0) is 77.8 Å². The van der Waals surface area contributed by atoms with E-state index >= 15 is 0 Å². The lowest BCUT2D eigenvalue weighted by Gasteiger charge is -2.47. The van der Waals surface area contributed by atoms with Crippen molar-refractivity contribution in [3.63, 3.8) is 0 Å². The molecule has 0 spiro atoms. The van der Waals surface area contributed by atoms with Crippen LogP contribution < -0.4 is 14.4 Å². The van der Waals surface area contributed by atoms with E-state index in [1.54, 1.807) is 41.3 Å². The molecule has 0 unspecified atom stereocenters. The van der Waals surface area contributed by atoms with Crippen molar-refractivity contribution in [2.24, 2.45) is 0 Å². The summed E-state index contributed by atoms with van der Waals surface area (Å²) in [5.74, 6) is 5.80. The molecule has 1 aliphatic rings. The fourth-order valence-corrected chi connectivity index (χ4v) is 7.92. The lowest BCUT2D eigenvalue weighted by Crippen LogP contribution is -2.58. The van der Waals surface area contributed by atoms with E-state index in [2.05, 4.69) is 55.2 Å². The van der Waals surface area contributed by atoms with E-state index in [1.165, 1.54) is 31.0 Å². The summed E-state index contributed by atoms with van der Waals surface area (Å²) in [6, 6.07) is 20.5. The predicted molar refractivity (Wildman–Crippen MR) is 194 cm³/mol. The van der Waals surface area contributed by atoms with E-state index in [-0.39, 0.29) is 42.1 Å². The maximum absolute atomic E-state index is 13.9. The molecule has 1 N–H and O–H groups in total. The van der Waals surface area contributed by atoms with Crippen LogP contribution in [-0.4, -0.2) is 66.1 Å². The summed E-state index contributed by atoms with van der Waals surface area (Å²) >= 11 is 1.51. The molecular formula is C36H43FN2O7S2Si. The molecule has 0 aliphatic carbocycles. The predicted octanol–water partition coefficient (Wildman–Crippen LogP) is 6.23. The first-order chi connectivity index (χ1) is 23.0. The van der Waals surface area contributed by atoms with Gasteiger partial charge in [0, 0.05) is 17.0 Å². The van der Waals surface area contributed by atoms with Gasteiger partial charge in [-0.3, -0.25) is 4.79 Å². The van der Waals surface area contributed by atoms with Crippen molar-refractivity contribution >= 4 is 47.7 Å². The van der Waals surface area contributed by atoms with Crippen LogP contribution in [0.3, 0.4) is 0 Å². The molecule has 262 valence electrons. The van der Waals surface area contributed by atoms with Crippen LogP contribution in [-0.2, 0) is 28.8 Å². The van der Waals surface area contributed by atoms with E-state index in [4.69, 9.17) is 9.16 Å². The number of benzene rings is 3. The van der Waals surface area contributed by atoms with Crippen LogP contribution >= 0.6 is 11.8 Å². The zero-order valence-corrected chi connectivity index (χ0v) is 31.4. The van der Waals surface area contributed by atoms with Crippen LogP contribution in [0.5, 0.6) is 5.75 Å². The molecule has 3 aromatic rings. The number of esters is 1. The number of hydrogen-bond donors (Lipinski definition) is 1. The number of carbonyl (C=O) groups excluding carboxylic acids is 2. The fourth-order valence-electron chi connectivity index (χ4n) is 4.82. The minimum absolute atomic E-state index is 0.0104. The van der Waals surface area contributed by atoms with Gasteiger partial charge in [-0.2, -0.15) is 0 Å². The van der Waals surface area contributed by atoms with Crippen LogP contribution in [0.25, 0.3) is 0 Å². The number of β-lactam (4-membered cyclic amide) rings is 1. The van der Waals surface area contributed by atoms with E-state index in [9.17, 15) is 22.4 Å². The number of nitrogens with one attached hydrogen (secondary N) is 1. The molecule has 0 aromatic heterocycles. The number of sulfonamides is 1. The Bertz CT molecular complexity index is 1780. The summed E-state index contributed by atoms with van der Waals surface area (Å²) in [6.45, 7) is 10.6. The molecule has 1 saturated heterocycles. The average molecular weight is 727 g/mol. The Labute approximate surface area is 294 Å². The first kappa shape index (κ1) is 38.1. The second-order valence-corrected chi connectivity index (χ2v) is 21.0. The van der Waals surface area contributed by atoms with Crippen molar-refractivity contribution in [1.29, 1.82) is 0 Å². The molecule has 1 amide bonds. The van der Waals surface area contributed by atoms with Crippen LogP contribution in [0.15, 0.2) is 72.8 Å². The topological polar surface area (TPSA) is 111 Å². The third-order valence-corrected chi connectivity index (χ3v) is 15.0. The van der Waals surface area contributed by atoms with Crippen molar-refractivity contribution < 1.29 is 36.3 Å². The monoisotopic (exact) mass is 726 g/mol. The van der Waals surface area contributed by atoms with Gasteiger partial charge in [0.1, 0.15) is 16.8 Å². The van der Waals surface area contributed by atoms with E-state index < -0.39 is 29.6 Å². The Hall–Kier alpha value is -3.67. The van der Waals surface area contributed by atoms with Crippen molar-refractivity contribution in [2.45, 2.75) is 56.3 Å². The molecule has 4 rings (SSSR count). The zero-order chi connectivity index (χ0) is 36.0. The van der Waals surface area contributed by atoms with Crippen LogP contribution in [0.4, 0.5) is 10.1 Å². The van der Waals surface area contributed by atoms with E-state index in [0.29, 0.717) is 22.8 Å². The molecule has 0 bridgehead atoms. The van der Waals surface area contributed by atoms with Gasteiger partial charge in [0.25, 0.3) is 0 Å². The molecule has 9 nitrogen and oxygen atoms in total. The Morgan fingerprint density at radius 2 is 1.67 bits per heavy atom. The molecule has 0 saturated carbocycles. The Morgan fingerprint density at radius 1 is 1.04 bits per heavy atom. The second kappa shape index (κ2) is 15.9. The van der Waals surface area contributed by atoms with Crippen LogP contribution in [0.2, 0.25) is 18.1 Å². The smallest absolute Gasteiger partial charge is 0.343 e. The lowest BCUT2D eigenvalue weighted by molar-refractivity contribution is -0.142.